The van der Waals surface area contributed by atoms with Gasteiger partial charge in [-0.2, -0.15) is 0 Å². The van der Waals surface area contributed by atoms with Gasteiger partial charge in [-0.1, -0.05) is 35.8 Å². The molecular weight excluding hydrogens is 336 g/mol. The number of hydrogen-bond donors (Lipinski definition) is 3. The molecule has 1 unspecified atom stereocenters. The highest BCUT2D eigenvalue weighted by molar-refractivity contribution is 9.10. The van der Waals surface area contributed by atoms with Gasteiger partial charge in [0.05, 0.1) is 11.6 Å². The zero-order valence-corrected chi connectivity index (χ0v) is 14.0. The molecule has 0 radical (unpaired) electrons. The Morgan fingerprint density at radius 2 is 1.95 bits per heavy atom. The first-order valence-electron chi connectivity index (χ1n) is 6.84. The van der Waals surface area contributed by atoms with Gasteiger partial charge in [0.2, 0.25) is 5.91 Å². The van der Waals surface area contributed by atoms with Crippen molar-refractivity contribution >= 4 is 27.8 Å². The predicted octanol–water partition coefficient (Wildman–Crippen LogP) is 2.40. The molecule has 0 aromatic heterocycles. The van der Waals surface area contributed by atoms with Crippen molar-refractivity contribution < 1.29 is 14.7 Å². The number of hydrogen-bond acceptors (Lipinski definition) is 3. The van der Waals surface area contributed by atoms with E-state index in [4.69, 9.17) is 5.11 Å². The van der Waals surface area contributed by atoms with Crippen LogP contribution >= 0.6 is 15.9 Å². The van der Waals surface area contributed by atoms with E-state index < -0.39 is 5.97 Å². The maximum atomic E-state index is 11.8. The molecule has 3 N–H and O–H groups in total. The predicted molar refractivity (Wildman–Crippen MR) is 85.3 cm³/mol. The number of rotatable bonds is 7. The largest absolute Gasteiger partial charge is 0.478 e. The van der Waals surface area contributed by atoms with Gasteiger partial charge in [-0.15, -0.1) is 0 Å². The molecule has 0 heterocycles. The number of amides is 1. The Balaban J connectivity index is 2.55. The van der Waals surface area contributed by atoms with E-state index in [-0.39, 0.29) is 17.5 Å². The number of carbonyl (C=O) groups excluding carboxylic acids is 1. The summed E-state index contributed by atoms with van der Waals surface area (Å²) in [6.45, 7) is 7.02. The molecule has 1 aromatic carbocycles. The van der Waals surface area contributed by atoms with Crippen molar-refractivity contribution in [3.63, 3.8) is 0 Å². The van der Waals surface area contributed by atoms with Crippen molar-refractivity contribution in [1.29, 1.82) is 0 Å². The SMILES string of the molecule is CC(C)CNC(=O)C(C)NCc1ccc(C(=O)O)cc1Br. The van der Waals surface area contributed by atoms with Gasteiger partial charge in [0.15, 0.2) is 0 Å². The van der Waals surface area contributed by atoms with Crippen LogP contribution in [0.3, 0.4) is 0 Å². The molecule has 0 bridgehead atoms. The molecule has 6 heteroatoms. The second kappa shape index (κ2) is 8.14. The number of benzene rings is 1. The zero-order valence-electron chi connectivity index (χ0n) is 12.4. The Hall–Kier alpha value is -1.40. The third-order valence-corrected chi connectivity index (χ3v) is 3.71. The van der Waals surface area contributed by atoms with Crippen LogP contribution in [0.4, 0.5) is 0 Å². The molecule has 0 aliphatic rings. The van der Waals surface area contributed by atoms with Crippen molar-refractivity contribution in [3.8, 4) is 0 Å². The number of halogens is 1. The van der Waals surface area contributed by atoms with Gasteiger partial charge >= 0.3 is 5.97 Å². The minimum atomic E-state index is -0.961. The summed E-state index contributed by atoms with van der Waals surface area (Å²) in [6.07, 6.45) is 0. The standard InChI is InChI=1S/C15H21BrN2O3/c1-9(2)7-18-14(19)10(3)17-8-12-5-4-11(15(20)21)6-13(12)16/h4-6,9-10,17H,7-8H2,1-3H3,(H,18,19)(H,20,21). The Bertz CT molecular complexity index is 518. The molecule has 0 spiro atoms. The fourth-order valence-electron chi connectivity index (χ4n) is 1.64. The van der Waals surface area contributed by atoms with Crippen LogP contribution in [0, 0.1) is 5.92 Å². The molecule has 1 amide bonds. The number of aromatic carboxylic acids is 1. The summed E-state index contributed by atoms with van der Waals surface area (Å²) in [5.74, 6) is -0.586. The van der Waals surface area contributed by atoms with Gasteiger partial charge in [0.25, 0.3) is 0 Å². The quantitative estimate of drug-likeness (QED) is 0.700. The maximum absolute atomic E-state index is 11.8. The lowest BCUT2D eigenvalue weighted by atomic mass is 10.1. The first-order valence-corrected chi connectivity index (χ1v) is 7.63. The number of carboxylic acids is 1. The average molecular weight is 357 g/mol. The molecule has 1 aromatic rings. The number of carbonyl (C=O) groups is 2. The van der Waals surface area contributed by atoms with Crippen molar-refractivity contribution in [2.45, 2.75) is 33.4 Å². The summed E-state index contributed by atoms with van der Waals surface area (Å²) in [4.78, 5) is 22.7. The van der Waals surface area contributed by atoms with E-state index in [0.29, 0.717) is 23.5 Å². The van der Waals surface area contributed by atoms with Gasteiger partial charge < -0.3 is 15.7 Å². The van der Waals surface area contributed by atoms with E-state index in [1.54, 1.807) is 25.1 Å². The van der Waals surface area contributed by atoms with Crippen LogP contribution in [-0.2, 0) is 11.3 Å². The van der Waals surface area contributed by atoms with Crippen LogP contribution in [0.25, 0.3) is 0 Å². The van der Waals surface area contributed by atoms with E-state index in [1.165, 1.54) is 0 Å². The third-order valence-electron chi connectivity index (χ3n) is 2.98. The molecular formula is C15H21BrN2O3. The molecule has 0 saturated heterocycles. The van der Waals surface area contributed by atoms with Gasteiger partial charge in [0.1, 0.15) is 0 Å². The molecule has 0 aliphatic carbocycles. The summed E-state index contributed by atoms with van der Waals surface area (Å²) in [7, 11) is 0. The Morgan fingerprint density at radius 1 is 1.29 bits per heavy atom. The summed E-state index contributed by atoms with van der Waals surface area (Å²) >= 11 is 3.35. The Kier molecular flexibility index (Phi) is 6.84. The highest BCUT2D eigenvalue weighted by Crippen LogP contribution is 2.18. The second-order valence-corrected chi connectivity index (χ2v) is 6.21. The van der Waals surface area contributed by atoms with Crippen LogP contribution in [0.5, 0.6) is 0 Å². The monoisotopic (exact) mass is 356 g/mol. The van der Waals surface area contributed by atoms with E-state index in [0.717, 1.165) is 5.56 Å². The van der Waals surface area contributed by atoms with E-state index in [1.807, 2.05) is 13.8 Å². The van der Waals surface area contributed by atoms with Crippen LogP contribution in [0.15, 0.2) is 22.7 Å². The molecule has 21 heavy (non-hydrogen) atoms. The fraction of sp³-hybridized carbons (Fsp3) is 0.467. The second-order valence-electron chi connectivity index (χ2n) is 5.35. The van der Waals surface area contributed by atoms with Gasteiger partial charge in [-0.05, 0) is 30.5 Å². The summed E-state index contributed by atoms with van der Waals surface area (Å²) in [5.41, 5.74) is 1.14. The average Bonchev–Trinajstić information content (AvgIpc) is 2.42. The molecule has 1 rings (SSSR count). The lowest BCUT2D eigenvalue weighted by Crippen LogP contribution is -2.43. The van der Waals surface area contributed by atoms with Gasteiger partial charge in [-0.3, -0.25) is 4.79 Å². The highest BCUT2D eigenvalue weighted by atomic mass is 79.9. The topological polar surface area (TPSA) is 78.4 Å². The van der Waals surface area contributed by atoms with Crippen molar-refractivity contribution in [2.75, 3.05) is 6.54 Å². The van der Waals surface area contributed by atoms with Crippen LogP contribution in [0.1, 0.15) is 36.7 Å². The third kappa shape index (κ3) is 5.85. The van der Waals surface area contributed by atoms with E-state index in [9.17, 15) is 9.59 Å². The highest BCUT2D eigenvalue weighted by Gasteiger charge is 2.13. The first-order chi connectivity index (χ1) is 9.81. The van der Waals surface area contributed by atoms with E-state index >= 15 is 0 Å². The van der Waals surface area contributed by atoms with Crippen molar-refractivity contribution in [3.05, 3.63) is 33.8 Å². The number of carboxylic acid groups (broad SMARTS) is 1. The lowest BCUT2D eigenvalue weighted by Gasteiger charge is -2.16. The van der Waals surface area contributed by atoms with Crippen molar-refractivity contribution in [1.82, 2.24) is 10.6 Å². The van der Waals surface area contributed by atoms with Crippen molar-refractivity contribution in [2.24, 2.45) is 5.92 Å². The van der Waals surface area contributed by atoms with E-state index in [2.05, 4.69) is 26.6 Å². The Morgan fingerprint density at radius 3 is 2.48 bits per heavy atom. The fourth-order valence-corrected chi connectivity index (χ4v) is 2.16. The molecule has 0 aliphatic heterocycles. The maximum Gasteiger partial charge on any atom is 0.335 e. The molecule has 116 valence electrons. The van der Waals surface area contributed by atoms with Crippen LogP contribution in [-0.4, -0.2) is 29.6 Å². The molecule has 5 nitrogen and oxygen atoms in total. The molecule has 0 saturated carbocycles. The van der Waals surface area contributed by atoms with Gasteiger partial charge in [0, 0.05) is 17.6 Å². The minimum Gasteiger partial charge on any atom is -0.478 e. The number of nitrogens with one attached hydrogen (secondary N) is 2. The normalized spacial score (nSPS) is 12.2. The smallest absolute Gasteiger partial charge is 0.335 e. The van der Waals surface area contributed by atoms with Crippen LogP contribution < -0.4 is 10.6 Å². The summed E-state index contributed by atoms with van der Waals surface area (Å²) in [6, 6.07) is 4.53. The summed E-state index contributed by atoms with van der Waals surface area (Å²) in [5, 5.41) is 14.9. The lowest BCUT2D eigenvalue weighted by molar-refractivity contribution is -0.122. The first kappa shape index (κ1) is 17.7. The molecule has 1 atom stereocenters. The summed E-state index contributed by atoms with van der Waals surface area (Å²) < 4.78 is 0.713. The minimum absolute atomic E-state index is 0.0398. The Labute approximate surface area is 133 Å². The van der Waals surface area contributed by atoms with Crippen LogP contribution in [0.2, 0.25) is 0 Å². The molecule has 0 fully saturated rings. The zero-order chi connectivity index (χ0) is 16.0. The van der Waals surface area contributed by atoms with Gasteiger partial charge in [-0.25, -0.2) is 4.79 Å².